The van der Waals surface area contributed by atoms with Gasteiger partial charge < -0.3 is 4.74 Å². The molecule has 0 unspecified atom stereocenters. The van der Waals surface area contributed by atoms with Crippen LogP contribution in [-0.4, -0.2) is 26.9 Å². The minimum absolute atomic E-state index is 0.312. The molecular weight excluding hydrogens is 298 g/mol. The number of hydrogen-bond donors (Lipinski definition) is 0. The van der Waals surface area contributed by atoms with Crippen molar-refractivity contribution in [3.8, 4) is 0 Å². The van der Waals surface area contributed by atoms with Gasteiger partial charge in [0, 0.05) is 18.3 Å². The number of carbonyl (C=O) groups is 1. The molecule has 3 rings (SSSR count). The van der Waals surface area contributed by atoms with Gasteiger partial charge in [-0.1, -0.05) is 0 Å². The average molecular weight is 310 g/mol. The van der Waals surface area contributed by atoms with Crippen LogP contribution in [0, 0.1) is 0 Å². The van der Waals surface area contributed by atoms with E-state index in [2.05, 4.69) is 25.9 Å². The number of nitrogens with zero attached hydrogens (tertiary/aromatic N) is 3. The molecule has 0 bridgehead atoms. The molecule has 1 saturated carbocycles. The second-order valence-corrected chi connectivity index (χ2v) is 5.00. The van der Waals surface area contributed by atoms with E-state index in [0.29, 0.717) is 22.8 Å². The van der Waals surface area contributed by atoms with Crippen molar-refractivity contribution < 1.29 is 9.53 Å². The van der Waals surface area contributed by atoms with Gasteiger partial charge in [0.15, 0.2) is 11.3 Å². The van der Waals surface area contributed by atoms with E-state index >= 15 is 0 Å². The van der Waals surface area contributed by atoms with E-state index in [0.717, 1.165) is 24.2 Å². The number of rotatable bonds is 3. The lowest BCUT2D eigenvalue weighted by molar-refractivity contribution is 0.0519. The Morgan fingerprint density at radius 1 is 1.61 bits per heavy atom. The van der Waals surface area contributed by atoms with Gasteiger partial charge in [0.25, 0.3) is 0 Å². The molecule has 2 aromatic rings. The molecule has 94 valence electrons. The van der Waals surface area contributed by atoms with Crippen LogP contribution in [0.25, 0.3) is 5.65 Å². The van der Waals surface area contributed by atoms with Crippen molar-refractivity contribution in [2.24, 2.45) is 0 Å². The summed E-state index contributed by atoms with van der Waals surface area (Å²) in [6.07, 6.45) is 5.82. The van der Waals surface area contributed by atoms with Crippen LogP contribution < -0.4 is 0 Å². The zero-order chi connectivity index (χ0) is 12.7. The summed E-state index contributed by atoms with van der Waals surface area (Å²) >= 11 is 3.40. The van der Waals surface area contributed by atoms with Crippen molar-refractivity contribution in [1.29, 1.82) is 0 Å². The molecule has 1 aliphatic carbocycles. The first-order valence-electron chi connectivity index (χ1n) is 5.92. The predicted molar refractivity (Wildman–Crippen MR) is 68.6 cm³/mol. The molecule has 1 aliphatic rings. The van der Waals surface area contributed by atoms with Crippen molar-refractivity contribution in [3.63, 3.8) is 0 Å². The number of fused-ring (bicyclic) bond motifs is 1. The summed E-state index contributed by atoms with van der Waals surface area (Å²) in [5.41, 5.74) is 2.02. The zero-order valence-electron chi connectivity index (χ0n) is 9.89. The van der Waals surface area contributed by atoms with E-state index in [1.54, 1.807) is 19.3 Å². The van der Waals surface area contributed by atoms with E-state index in [4.69, 9.17) is 4.74 Å². The van der Waals surface area contributed by atoms with Crippen molar-refractivity contribution >= 4 is 27.5 Å². The maximum Gasteiger partial charge on any atom is 0.359 e. The Morgan fingerprint density at radius 2 is 2.39 bits per heavy atom. The number of carbonyl (C=O) groups excluding carboxylic acids is 1. The number of hydrogen-bond acceptors (Lipinski definition) is 4. The van der Waals surface area contributed by atoms with Gasteiger partial charge >= 0.3 is 5.97 Å². The van der Waals surface area contributed by atoms with E-state index < -0.39 is 5.97 Å². The fraction of sp³-hybridized carbons (Fsp3) is 0.417. The molecule has 18 heavy (non-hydrogen) atoms. The first-order valence-corrected chi connectivity index (χ1v) is 6.71. The highest BCUT2D eigenvalue weighted by Gasteiger charge is 2.29. The third-order valence-corrected chi connectivity index (χ3v) is 3.70. The minimum atomic E-state index is -0.408. The van der Waals surface area contributed by atoms with Crippen LogP contribution >= 0.6 is 15.9 Å². The predicted octanol–water partition coefficient (Wildman–Crippen LogP) is 2.55. The van der Waals surface area contributed by atoms with Crippen LogP contribution in [0.5, 0.6) is 0 Å². The van der Waals surface area contributed by atoms with Gasteiger partial charge in [0.1, 0.15) is 4.60 Å². The summed E-state index contributed by atoms with van der Waals surface area (Å²) in [6, 6.07) is 0. The fourth-order valence-corrected chi connectivity index (χ4v) is 2.48. The van der Waals surface area contributed by atoms with Crippen LogP contribution in [0.4, 0.5) is 0 Å². The van der Waals surface area contributed by atoms with Crippen LogP contribution in [0.2, 0.25) is 0 Å². The molecule has 2 heterocycles. The molecule has 0 aliphatic heterocycles. The number of ether oxygens (including phenoxy) is 1. The topological polar surface area (TPSA) is 56.5 Å². The zero-order valence-corrected chi connectivity index (χ0v) is 11.5. The lowest BCUT2D eigenvalue weighted by Crippen LogP contribution is -2.05. The van der Waals surface area contributed by atoms with Gasteiger partial charge in [0.2, 0.25) is 0 Å². The third-order valence-electron chi connectivity index (χ3n) is 2.94. The molecule has 5 nitrogen and oxygen atoms in total. The highest BCUT2D eigenvalue weighted by molar-refractivity contribution is 9.10. The molecule has 6 heteroatoms. The maximum atomic E-state index is 11.8. The van der Waals surface area contributed by atoms with E-state index in [-0.39, 0.29) is 0 Å². The van der Waals surface area contributed by atoms with Gasteiger partial charge in [-0.2, -0.15) is 0 Å². The Balaban J connectivity index is 2.14. The summed E-state index contributed by atoms with van der Waals surface area (Å²) in [5, 5.41) is 0. The Kier molecular flexibility index (Phi) is 2.81. The summed E-state index contributed by atoms with van der Waals surface area (Å²) in [7, 11) is 0. The average Bonchev–Trinajstić information content (AvgIpc) is 3.14. The molecule has 0 spiro atoms. The summed E-state index contributed by atoms with van der Waals surface area (Å²) < 4.78 is 7.45. The third kappa shape index (κ3) is 1.80. The van der Waals surface area contributed by atoms with Crippen molar-refractivity contribution in [1.82, 2.24) is 14.4 Å². The lowest BCUT2D eigenvalue weighted by atomic mass is 10.3. The standard InChI is InChI=1S/C12H12BrN3O2/c1-2-18-12(17)9-10(13)16-6-5-14-8(7-3-4-7)11(16)15-9/h5-7H,2-4H2,1H3. The molecule has 1 fully saturated rings. The minimum Gasteiger partial charge on any atom is -0.461 e. The number of aromatic nitrogens is 3. The van der Waals surface area contributed by atoms with Gasteiger partial charge in [0.05, 0.1) is 12.3 Å². The fourth-order valence-electron chi connectivity index (χ4n) is 1.94. The SMILES string of the molecule is CCOC(=O)c1nc2c(C3CC3)nccn2c1Br. The normalized spacial score (nSPS) is 15.0. The van der Waals surface area contributed by atoms with Gasteiger partial charge in [-0.25, -0.2) is 9.78 Å². The molecule has 0 N–H and O–H groups in total. The second-order valence-electron chi connectivity index (χ2n) is 4.25. The largest absolute Gasteiger partial charge is 0.461 e. The maximum absolute atomic E-state index is 11.8. The van der Waals surface area contributed by atoms with Crippen molar-refractivity contribution in [2.45, 2.75) is 25.7 Å². The molecule has 0 radical (unpaired) electrons. The Labute approximate surface area is 112 Å². The van der Waals surface area contributed by atoms with E-state index in [9.17, 15) is 4.79 Å². The first kappa shape index (κ1) is 11.6. The number of halogens is 1. The van der Waals surface area contributed by atoms with E-state index in [1.807, 2.05) is 4.40 Å². The van der Waals surface area contributed by atoms with Crippen LogP contribution in [-0.2, 0) is 4.74 Å². The van der Waals surface area contributed by atoms with Crippen LogP contribution in [0.15, 0.2) is 17.0 Å². The molecule has 0 aromatic carbocycles. The quantitative estimate of drug-likeness (QED) is 0.818. The van der Waals surface area contributed by atoms with Crippen molar-refractivity contribution in [3.05, 3.63) is 28.4 Å². The number of imidazole rings is 1. The van der Waals surface area contributed by atoms with Crippen LogP contribution in [0.1, 0.15) is 41.9 Å². The Morgan fingerprint density at radius 3 is 3.06 bits per heavy atom. The molecule has 0 saturated heterocycles. The van der Waals surface area contributed by atoms with Gasteiger partial charge in [-0.15, -0.1) is 0 Å². The van der Waals surface area contributed by atoms with Gasteiger partial charge in [-0.3, -0.25) is 9.38 Å². The highest BCUT2D eigenvalue weighted by Crippen LogP contribution is 2.41. The first-order chi connectivity index (χ1) is 8.72. The molecule has 2 aromatic heterocycles. The second kappa shape index (κ2) is 4.35. The van der Waals surface area contributed by atoms with Crippen molar-refractivity contribution in [2.75, 3.05) is 6.61 Å². The molecule has 0 amide bonds. The smallest absolute Gasteiger partial charge is 0.359 e. The lowest BCUT2D eigenvalue weighted by Gasteiger charge is -1.99. The monoisotopic (exact) mass is 309 g/mol. The molecular formula is C12H12BrN3O2. The van der Waals surface area contributed by atoms with Crippen LogP contribution in [0.3, 0.4) is 0 Å². The Bertz CT molecular complexity index is 619. The van der Waals surface area contributed by atoms with Gasteiger partial charge in [-0.05, 0) is 35.7 Å². The Hall–Kier alpha value is -1.43. The highest BCUT2D eigenvalue weighted by atomic mass is 79.9. The number of esters is 1. The van der Waals surface area contributed by atoms with E-state index in [1.165, 1.54) is 0 Å². The summed E-state index contributed by atoms with van der Waals surface area (Å²) in [4.78, 5) is 20.5. The molecule has 0 atom stereocenters. The summed E-state index contributed by atoms with van der Waals surface area (Å²) in [6.45, 7) is 2.12. The summed E-state index contributed by atoms with van der Waals surface area (Å²) in [5.74, 6) is 0.0767.